The minimum Gasteiger partial charge on any atom is -0.479 e. The molecule has 15 heavy (non-hydrogen) atoms. The van der Waals surface area contributed by atoms with Gasteiger partial charge in [-0.3, -0.25) is 0 Å². The highest BCUT2D eigenvalue weighted by Crippen LogP contribution is 2.39. The van der Waals surface area contributed by atoms with Gasteiger partial charge in [0.15, 0.2) is 5.60 Å². The van der Waals surface area contributed by atoms with Gasteiger partial charge in [0.2, 0.25) is 0 Å². The molecule has 3 heteroatoms. The van der Waals surface area contributed by atoms with E-state index in [1.807, 2.05) is 0 Å². The largest absolute Gasteiger partial charge is 0.479 e. The van der Waals surface area contributed by atoms with Gasteiger partial charge in [-0.25, -0.2) is 4.79 Å². The fourth-order valence-corrected chi connectivity index (χ4v) is 1.56. The van der Waals surface area contributed by atoms with E-state index < -0.39 is 17.0 Å². The first-order chi connectivity index (χ1) is 6.80. The van der Waals surface area contributed by atoms with Crippen molar-refractivity contribution in [2.24, 2.45) is 5.41 Å². The molecule has 3 nitrogen and oxygen atoms in total. The SMILES string of the molecule is CC(C)(C)[C@](O)(C(=O)O)c1ccccc1. The Morgan fingerprint density at radius 3 is 1.93 bits per heavy atom. The van der Waals surface area contributed by atoms with Crippen LogP contribution in [0.5, 0.6) is 0 Å². The average Bonchev–Trinajstić information content (AvgIpc) is 2.16. The monoisotopic (exact) mass is 208 g/mol. The van der Waals surface area contributed by atoms with Crippen LogP contribution < -0.4 is 0 Å². The Labute approximate surface area is 89.4 Å². The smallest absolute Gasteiger partial charge is 0.340 e. The van der Waals surface area contributed by atoms with Crippen molar-refractivity contribution in [3.05, 3.63) is 35.9 Å². The molecule has 0 amide bonds. The van der Waals surface area contributed by atoms with Gasteiger partial charge in [0.25, 0.3) is 0 Å². The molecule has 1 aromatic carbocycles. The van der Waals surface area contributed by atoms with Crippen LogP contribution >= 0.6 is 0 Å². The highest BCUT2D eigenvalue weighted by molar-refractivity contribution is 5.80. The van der Waals surface area contributed by atoms with E-state index >= 15 is 0 Å². The molecule has 0 spiro atoms. The first-order valence-electron chi connectivity index (χ1n) is 4.81. The quantitative estimate of drug-likeness (QED) is 0.781. The molecule has 0 aliphatic carbocycles. The summed E-state index contributed by atoms with van der Waals surface area (Å²) in [6.07, 6.45) is 0. The summed E-state index contributed by atoms with van der Waals surface area (Å²) in [4.78, 5) is 11.2. The highest BCUT2D eigenvalue weighted by Gasteiger charge is 2.48. The van der Waals surface area contributed by atoms with Crippen LogP contribution in [0.4, 0.5) is 0 Å². The van der Waals surface area contributed by atoms with E-state index in [0.717, 1.165) is 0 Å². The standard InChI is InChI=1S/C12H16O3/c1-11(2,3)12(15,10(13)14)9-7-5-4-6-8-9/h4-8,15H,1-3H3,(H,13,14)/t12-/m1/s1. The zero-order valence-corrected chi connectivity index (χ0v) is 9.19. The molecule has 0 fully saturated rings. The molecule has 0 heterocycles. The number of carboxylic acid groups (broad SMARTS) is 1. The second-order valence-corrected chi connectivity index (χ2v) is 4.63. The minimum atomic E-state index is -1.85. The van der Waals surface area contributed by atoms with Gasteiger partial charge in [-0.1, -0.05) is 51.1 Å². The van der Waals surface area contributed by atoms with Gasteiger partial charge in [-0.05, 0) is 5.56 Å². The third-order valence-electron chi connectivity index (χ3n) is 2.59. The summed E-state index contributed by atoms with van der Waals surface area (Å²) in [6, 6.07) is 8.47. The molecule has 0 aromatic heterocycles. The summed E-state index contributed by atoms with van der Waals surface area (Å²) in [5.74, 6) is -1.22. The second-order valence-electron chi connectivity index (χ2n) is 4.63. The fraction of sp³-hybridized carbons (Fsp3) is 0.417. The second kappa shape index (κ2) is 3.66. The maximum atomic E-state index is 11.2. The average molecular weight is 208 g/mol. The van der Waals surface area contributed by atoms with Gasteiger partial charge < -0.3 is 10.2 Å². The molecule has 1 atom stereocenters. The van der Waals surface area contributed by atoms with Crippen LogP contribution in [-0.2, 0) is 10.4 Å². The zero-order valence-electron chi connectivity index (χ0n) is 9.19. The predicted molar refractivity (Wildman–Crippen MR) is 57.4 cm³/mol. The normalized spacial score (nSPS) is 15.7. The molecule has 1 rings (SSSR count). The Kier molecular flexibility index (Phi) is 2.86. The third kappa shape index (κ3) is 1.88. The van der Waals surface area contributed by atoms with Gasteiger partial charge in [0.05, 0.1) is 0 Å². The Hall–Kier alpha value is -1.35. The third-order valence-corrected chi connectivity index (χ3v) is 2.59. The van der Waals surface area contributed by atoms with E-state index in [1.54, 1.807) is 51.1 Å². The van der Waals surface area contributed by atoms with Gasteiger partial charge >= 0.3 is 5.97 Å². The lowest BCUT2D eigenvalue weighted by Gasteiger charge is -2.36. The topological polar surface area (TPSA) is 57.5 Å². The summed E-state index contributed by atoms with van der Waals surface area (Å²) >= 11 is 0. The van der Waals surface area contributed by atoms with Crippen LogP contribution in [0.1, 0.15) is 26.3 Å². The summed E-state index contributed by atoms with van der Waals surface area (Å²) in [7, 11) is 0. The maximum absolute atomic E-state index is 11.2. The molecule has 0 radical (unpaired) electrons. The van der Waals surface area contributed by atoms with E-state index in [4.69, 9.17) is 0 Å². The molecular formula is C12H16O3. The van der Waals surface area contributed by atoms with Gasteiger partial charge in [0.1, 0.15) is 0 Å². The molecule has 0 bridgehead atoms. The van der Waals surface area contributed by atoms with Crippen molar-refractivity contribution >= 4 is 5.97 Å². The molecule has 0 aliphatic rings. The van der Waals surface area contributed by atoms with Crippen molar-refractivity contribution in [1.82, 2.24) is 0 Å². The molecule has 82 valence electrons. The van der Waals surface area contributed by atoms with Crippen LogP contribution in [0.15, 0.2) is 30.3 Å². The van der Waals surface area contributed by atoms with Gasteiger partial charge in [-0.15, -0.1) is 0 Å². The summed E-state index contributed by atoms with van der Waals surface area (Å²) in [5.41, 5.74) is -2.21. The van der Waals surface area contributed by atoms with E-state index in [-0.39, 0.29) is 0 Å². The van der Waals surface area contributed by atoms with Crippen LogP contribution in [0.2, 0.25) is 0 Å². The lowest BCUT2D eigenvalue weighted by molar-refractivity contribution is -0.173. The van der Waals surface area contributed by atoms with Crippen LogP contribution in [0.25, 0.3) is 0 Å². The van der Waals surface area contributed by atoms with Crippen LogP contribution in [0, 0.1) is 5.41 Å². The summed E-state index contributed by atoms with van der Waals surface area (Å²) in [6.45, 7) is 5.11. The van der Waals surface area contributed by atoms with Gasteiger partial charge in [-0.2, -0.15) is 0 Å². The fourth-order valence-electron chi connectivity index (χ4n) is 1.56. The van der Waals surface area contributed by atoms with E-state index in [0.29, 0.717) is 5.56 Å². The predicted octanol–water partition coefficient (Wildman–Crippen LogP) is 2.00. The summed E-state index contributed by atoms with van der Waals surface area (Å²) < 4.78 is 0. The van der Waals surface area contributed by atoms with Crippen molar-refractivity contribution in [3.63, 3.8) is 0 Å². The number of aliphatic hydroxyl groups is 1. The minimum absolute atomic E-state index is 0.407. The first-order valence-corrected chi connectivity index (χ1v) is 4.81. The molecular weight excluding hydrogens is 192 g/mol. The molecule has 1 aromatic rings. The number of carboxylic acids is 1. The lowest BCUT2D eigenvalue weighted by atomic mass is 9.72. The number of hydrogen-bond acceptors (Lipinski definition) is 2. The van der Waals surface area contributed by atoms with Crippen molar-refractivity contribution < 1.29 is 15.0 Å². The Morgan fingerprint density at radius 1 is 1.13 bits per heavy atom. The van der Waals surface area contributed by atoms with Crippen molar-refractivity contribution in [2.45, 2.75) is 26.4 Å². The first kappa shape index (κ1) is 11.7. The Balaban J connectivity index is 3.32. The molecule has 0 aliphatic heterocycles. The molecule has 0 unspecified atom stereocenters. The molecule has 0 saturated carbocycles. The van der Waals surface area contributed by atoms with Crippen LogP contribution in [-0.4, -0.2) is 16.2 Å². The Morgan fingerprint density at radius 2 is 1.60 bits per heavy atom. The number of benzene rings is 1. The van der Waals surface area contributed by atoms with E-state index in [9.17, 15) is 15.0 Å². The van der Waals surface area contributed by atoms with Crippen molar-refractivity contribution in [2.75, 3.05) is 0 Å². The van der Waals surface area contributed by atoms with E-state index in [1.165, 1.54) is 0 Å². The number of hydrogen-bond donors (Lipinski definition) is 2. The summed E-state index contributed by atoms with van der Waals surface area (Å²) in [5, 5.41) is 19.5. The van der Waals surface area contributed by atoms with Crippen molar-refractivity contribution in [1.29, 1.82) is 0 Å². The lowest BCUT2D eigenvalue weighted by Crippen LogP contribution is -2.47. The zero-order chi connectivity index (χ0) is 11.7. The number of aliphatic carboxylic acids is 1. The maximum Gasteiger partial charge on any atom is 0.340 e. The van der Waals surface area contributed by atoms with Gasteiger partial charge in [0, 0.05) is 5.41 Å². The Bertz CT molecular complexity index is 351. The molecule has 2 N–H and O–H groups in total. The van der Waals surface area contributed by atoms with Crippen LogP contribution in [0.3, 0.4) is 0 Å². The highest BCUT2D eigenvalue weighted by atomic mass is 16.4. The number of rotatable bonds is 2. The van der Waals surface area contributed by atoms with E-state index in [2.05, 4.69) is 0 Å². The molecule has 0 saturated heterocycles. The number of carbonyl (C=O) groups is 1. The van der Waals surface area contributed by atoms with Crippen molar-refractivity contribution in [3.8, 4) is 0 Å².